The summed E-state index contributed by atoms with van der Waals surface area (Å²) in [5.74, 6) is -0.339. The summed E-state index contributed by atoms with van der Waals surface area (Å²) in [6.45, 7) is 0. The molecule has 9 heteroatoms. The third-order valence-corrected chi connectivity index (χ3v) is 4.95. The first-order chi connectivity index (χ1) is 14.0. The molecule has 0 radical (unpaired) electrons. The number of carbonyl (C=O) groups excluding carboxylic acids is 4. The lowest BCUT2D eigenvalue weighted by Gasteiger charge is -2.19. The molecule has 1 aliphatic rings. The van der Waals surface area contributed by atoms with Crippen LogP contribution in [-0.4, -0.2) is 40.5 Å². The Morgan fingerprint density at radius 1 is 1.07 bits per heavy atom. The van der Waals surface area contributed by atoms with Gasteiger partial charge in [-0.1, -0.05) is 35.4 Å². The van der Waals surface area contributed by atoms with Gasteiger partial charge in [0.15, 0.2) is 5.78 Å². The first kappa shape index (κ1) is 20.4. The van der Waals surface area contributed by atoms with Crippen LogP contribution in [0.1, 0.15) is 11.3 Å². The number of hydrogen-bond acceptors (Lipinski definition) is 7. The number of amides is 3. The van der Waals surface area contributed by atoms with E-state index in [0.29, 0.717) is 10.8 Å². The van der Waals surface area contributed by atoms with Crippen molar-refractivity contribution in [1.82, 2.24) is 10.4 Å². The number of nitrogens with one attached hydrogen (secondary N) is 1. The van der Waals surface area contributed by atoms with E-state index in [1.165, 1.54) is 11.8 Å². The molecule has 0 bridgehead atoms. The van der Waals surface area contributed by atoms with Crippen molar-refractivity contribution >= 4 is 35.5 Å². The van der Waals surface area contributed by atoms with Crippen molar-refractivity contribution in [2.24, 2.45) is 0 Å². The Morgan fingerprint density at radius 2 is 1.79 bits per heavy atom. The zero-order chi connectivity index (χ0) is 20.6. The van der Waals surface area contributed by atoms with Crippen LogP contribution in [0.15, 0.2) is 65.3 Å². The predicted octanol–water partition coefficient (Wildman–Crippen LogP) is 2.26. The third-order valence-electron chi connectivity index (χ3n) is 3.98. The highest BCUT2D eigenvalue weighted by Gasteiger charge is 2.30. The van der Waals surface area contributed by atoms with Crippen LogP contribution in [0, 0.1) is 0 Å². The lowest BCUT2D eigenvalue weighted by Crippen LogP contribution is -2.46. The second kappa shape index (κ2) is 9.74. The second-order valence-electron chi connectivity index (χ2n) is 6.11. The van der Waals surface area contributed by atoms with Crippen LogP contribution in [0.5, 0.6) is 0 Å². The number of nitrogens with zero attached hydrogens (tertiary/aromatic N) is 1. The highest BCUT2D eigenvalue weighted by molar-refractivity contribution is 7.99. The molecule has 1 N–H and O–H groups in total. The Balaban J connectivity index is 1.60. The van der Waals surface area contributed by atoms with Gasteiger partial charge in [0.2, 0.25) is 0 Å². The molecular formula is C20H18N2O6S. The maximum atomic E-state index is 12.7. The van der Waals surface area contributed by atoms with Crippen LogP contribution in [0.3, 0.4) is 0 Å². The van der Waals surface area contributed by atoms with Crippen LogP contribution in [0.4, 0.5) is 4.79 Å². The van der Waals surface area contributed by atoms with E-state index < -0.39 is 23.9 Å². The zero-order valence-electron chi connectivity index (χ0n) is 15.3. The summed E-state index contributed by atoms with van der Waals surface area (Å²) in [4.78, 5) is 52.7. The Morgan fingerprint density at radius 3 is 2.45 bits per heavy atom. The minimum Gasteiger partial charge on any atom is -0.468 e. The number of ketones is 1. The minimum absolute atomic E-state index is 0.140. The van der Waals surface area contributed by atoms with Gasteiger partial charge in [-0.15, -0.1) is 11.8 Å². The fraction of sp³-hybridized carbons (Fsp3) is 0.200. The normalized spacial score (nSPS) is 14.1. The molecule has 2 aromatic rings. The van der Waals surface area contributed by atoms with Crippen LogP contribution in [-0.2, 0) is 31.4 Å². The quantitative estimate of drug-likeness (QED) is 0.627. The SMILES string of the molecule is O=C(NC(Cc1ccccc1)C(=O)CSCc1ccco1)ON1C(=O)C=CC1=O. The molecule has 1 unspecified atom stereocenters. The molecule has 0 saturated carbocycles. The lowest BCUT2D eigenvalue weighted by atomic mass is 10.0. The van der Waals surface area contributed by atoms with E-state index in [1.54, 1.807) is 12.3 Å². The summed E-state index contributed by atoms with van der Waals surface area (Å²) in [6.07, 6.45) is 2.74. The smallest absolute Gasteiger partial charge is 0.432 e. The molecule has 0 aliphatic carbocycles. The molecule has 8 nitrogen and oxygen atoms in total. The number of imide groups is 1. The van der Waals surface area contributed by atoms with Crippen molar-refractivity contribution in [3.05, 3.63) is 72.2 Å². The Labute approximate surface area is 170 Å². The van der Waals surface area contributed by atoms with E-state index in [0.717, 1.165) is 23.5 Å². The highest BCUT2D eigenvalue weighted by atomic mass is 32.2. The van der Waals surface area contributed by atoms with E-state index in [1.807, 2.05) is 36.4 Å². The number of carbonyl (C=O) groups is 4. The van der Waals surface area contributed by atoms with Crippen molar-refractivity contribution in [1.29, 1.82) is 0 Å². The van der Waals surface area contributed by atoms with Gasteiger partial charge in [-0.05, 0) is 24.1 Å². The molecule has 0 saturated heterocycles. The Bertz CT molecular complexity index is 892. The van der Waals surface area contributed by atoms with Gasteiger partial charge in [-0.2, -0.15) is 0 Å². The number of thioether (sulfide) groups is 1. The summed E-state index contributed by atoms with van der Waals surface area (Å²) in [5.41, 5.74) is 0.845. The van der Waals surface area contributed by atoms with Crippen molar-refractivity contribution in [2.45, 2.75) is 18.2 Å². The van der Waals surface area contributed by atoms with Crippen LogP contribution in [0.2, 0.25) is 0 Å². The molecule has 29 heavy (non-hydrogen) atoms. The number of furan rings is 1. The average molecular weight is 414 g/mol. The molecule has 0 spiro atoms. The summed E-state index contributed by atoms with van der Waals surface area (Å²) < 4.78 is 5.23. The fourth-order valence-electron chi connectivity index (χ4n) is 2.57. The van der Waals surface area contributed by atoms with E-state index in [9.17, 15) is 19.2 Å². The maximum absolute atomic E-state index is 12.7. The monoisotopic (exact) mass is 414 g/mol. The van der Waals surface area contributed by atoms with E-state index in [-0.39, 0.29) is 18.0 Å². The highest BCUT2D eigenvalue weighted by Crippen LogP contribution is 2.14. The predicted molar refractivity (Wildman–Crippen MR) is 104 cm³/mol. The third kappa shape index (κ3) is 5.82. The van der Waals surface area contributed by atoms with Gasteiger partial charge >= 0.3 is 6.09 Å². The molecule has 1 aromatic carbocycles. The molecule has 1 aromatic heterocycles. The van der Waals surface area contributed by atoms with Crippen molar-refractivity contribution in [3.63, 3.8) is 0 Å². The molecule has 3 rings (SSSR count). The maximum Gasteiger partial charge on any atom is 0.432 e. The molecular weight excluding hydrogens is 396 g/mol. The number of hydrogen-bond donors (Lipinski definition) is 1. The van der Waals surface area contributed by atoms with Gasteiger partial charge in [0, 0.05) is 12.2 Å². The molecule has 0 fully saturated rings. The number of benzene rings is 1. The van der Waals surface area contributed by atoms with Crippen LogP contribution < -0.4 is 5.32 Å². The first-order valence-electron chi connectivity index (χ1n) is 8.74. The summed E-state index contributed by atoms with van der Waals surface area (Å²) >= 11 is 1.35. The van der Waals surface area contributed by atoms with Gasteiger partial charge in [0.1, 0.15) is 5.76 Å². The molecule has 150 valence electrons. The van der Waals surface area contributed by atoms with Gasteiger partial charge < -0.3 is 14.6 Å². The van der Waals surface area contributed by atoms with E-state index >= 15 is 0 Å². The average Bonchev–Trinajstić information content (AvgIpc) is 3.34. The standard InChI is InChI=1S/C20H18N2O6S/c23-17(13-29-12-15-7-4-10-27-15)16(11-14-5-2-1-3-6-14)21-20(26)28-22-18(24)8-9-19(22)25/h1-10,16H,11-13H2,(H,21,26). The Hall–Kier alpha value is -3.33. The van der Waals surface area contributed by atoms with Crippen molar-refractivity contribution < 1.29 is 28.4 Å². The summed E-state index contributed by atoms with van der Waals surface area (Å²) in [5, 5.41) is 2.79. The minimum atomic E-state index is -1.05. The lowest BCUT2D eigenvalue weighted by molar-refractivity contribution is -0.169. The number of rotatable bonds is 9. The fourth-order valence-corrected chi connectivity index (χ4v) is 3.44. The van der Waals surface area contributed by atoms with Crippen molar-refractivity contribution in [2.75, 3.05) is 5.75 Å². The van der Waals surface area contributed by atoms with E-state index in [4.69, 9.17) is 9.25 Å². The first-order valence-corrected chi connectivity index (χ1v) is 9.90. The number of Topliss-reactive ketones (excluding diaryl/α,β-unsaturated/α-hetero) is 1. The Kier molecular flexibility index (Phi) is 6.85. The molecule has 3 amide bonds. The van der Waals surface area contributed by atoms with Gasteiger partial charge in [-0.25, -0.2) is 4.79 Å². The summed E-state index contributed by atoms with van der Waals surface area (Å²) in [6, 6.07) is 11.9. The van der Waals surface area contributed by atoms with Crippen LogP contribution in [0.25, 0.3) is 0 Å². The topological polar surface area (TPSA) is 106 Å². The van der Waals surface area contributed by atoms with Gasteiger partial charge in [-0.3, -0.25) is 14.4 Å². The van der Waals surface area contributed by atoms with Gasteiger partial charge in [0.25, 0.3) is 11.8 Å². The van der Waals surface area contributed by atoms with E-state index in [2.05, 4.69) is 5.32 Å². The molecule has 1 atom stereocenters. The summed E-state index contributed by atoms with van der Waals surface area (Å²) in [7, 11) is 0. The second-order valence-corrected chi connectivity index (χ2v) is 7.09. The van der Waals surface area contributed by atoms with Crippen LogP contribution >= 0.6 is 11.8 Å². The van der Waals surface area contributed by atoms with Gasteiger partial charge in [0.05, 0.1) is 23.8 Å². The molecule has 2 heterocycles. The molecule has 1 aliphatic heterocycles. The largest absolute Gasteiger partial charge is 0.468 e. The van der Waals surface area contributed by atoms with Crippen molar-refractivity contribution in [3.8, 4) is 0 Å². The zero-order valence-corrected chi connectivity index (χ0v) is 16.1. The number of hydroxylamine groups is 2.